The number of carbonyl (C=O) groups is 2. The molecule has 2 aromatic heterocycles. The molecule has 0 atom stereocenters. The first kappa shape index (κ1) is 22.5. The number of aromatic nitrogens is 3. The zero-order chi connectivity index (χ0) is 23.2. The van der Waals surface area contributed by atoms with Crippen LogP contribution >= 0.6 is 0 Å². The Balaban J connectivity index is 1.41. The summed E-state index contributed by atoms with van der Waals surface area (Å²) in [5.74, 6) is 0.312. The summed E-state index contributed by atoms with van der Waals surface area (Å²) in [4.78, 5) is 38.6. The number of ether oxygens (including phenoxy) is 1. The Hall–Kier alpha value is -3.72. The number of rotatable bonds is 8. The first-order valence-electron chi connectivity index (χ1n) is 11.1. The van der Waals surface area contributed by atoms with Crippen LogP contribution in [0.25, 0.3) is 11.2 Å². The fourth-order valence-electron chi connectivity index (χ4n) is 3.65. The maximum atomic E-state index is 12.4. The third kappa shape index (κ3) is 5.95. The minimum absolute atomic E-state index is 0.00264. The number of benzene rings is 1. The van der Waals surface area contributed by atoms with Crippen molar-refractivity contribution in [3.63, 3.8) is 0 Å². The summed E-state index contributed by atoms with van der Waals surface area (Å²) in [5.41, 5.74) is 1.94. The number of likely N-dealkylation sites (tertiary alicyclic amines) is 1. The normalized spacial score (nSPS) is 14.3. The second kappa shape index (κ2) is 10.3. The van der Waals surface area contributed by atoms with E-state index in [1.54, 1.807) is 36.5 Å². The molecular weight excluding hydrogens is 420 g/mol. The number of fused-ring (bicyclic) bond motifs is 1. The van der Waals surface area contributed by atoms with Crippen molar-refractivity contribution in [3.05, 3.63) is 54.4 Å². The second-order valence-corrected chi connectivity index (χ2v) is 8.27. The molecule has 0 spiro atoms. The minimum atomic E-state index is -0.231. The van der Waals surface area contributed by atoms with Crippen LogP contribution < -0.4 is 15.4 Å². The van der Waals surface area contributed by atoms with Crippen molar-refractivity contribution in [2.24, 2.45) is 0 Å². The van der Waals surface area contributed by atoms with Gasteiger partial charge >= 0.3 is 0 Å². The molecule has 3 heterocycles. The molecule has 9 nitrogen and oxygen atoms in total. The largest absolute Gasteiger partial charge is 0.437 e. The van der Waals surface area contributed by atoms with E-state index in [0.29, 0.717) is 28.2 Å². The number of amides is 2. The smallest absolute Gasteiger partial charge is 0.255 e. The van der Waals surface area contributed by atoms with Gasteiger partial charge in [-0.3, -0.25) is 14.5 Å². The molecule has 3 aromatic rings. The lowest BCUT2D eigenvalue weighted by atomic mass is 10.2. The molecule has 1 aliphatic rings. The Morgan fingerprint density at radius 1 is 1.27 bits per heavy atom. The van der Waals surface area contributed by atoms with Gasteiger partial charge in [-0.25, -0.2) is 9.97 Å². The van der Waals surface area contributed by atoms with Gasteiger partial charge < -0.3 is 20.4 Å². The highest BCUT2D eigenvalue weighted by atomic mass is 16.5. The lowest BCUT2D eigenvalue weighted by Crippen LogP contribution is -2.29. The number of H-pyrrole nitrogens is 1. The SMILES string of the molecule is CC(C)NC(=O)c1c[nH]c2ncc(Oc3cccc(NC(=O)/C=C/CN4CCCC4)c3)nc12. The van der Waals surface area contributed by atoms with Crippen molar-refractivity contribution < 1.29 is 14.3 Å². The van der Waals surface area contributed by atoms with Crippen LogP contribution in [0.15, 0.2) is 48.8 Å². The molecule has 1 aliphatic heterocycles. The van der Waals surface area contributed by atoms with Gasteiger partial charge in [-0.2, -0.15) is 0 Å². The number of anilines is 1. The number of carbonyl (C=O) groups excluding carboxylic acids is 2. The lowest BCUT2D eigenvalue weighted by molar-refractivity contribution is -0.111. The Morgan fingerprint density at radius 3 is 2.88 bits per heavy atom. The number of nitrogens with zero attached hydrogens (tertiary/aromatic N) is 3. The van der Waals surface area contributed by atoms with Crippen LogP contribution in [0.2, 0.25) is 0 Å². The molecule has 9 heteroatoms. The van der Waals surface area contributed by atoms with Crippen molar-refractivity contribution in [2.45, 2.75) is 32.7 Å². The summed E-state index contributed by atoms with van der Waals surface area (Å²) in [7, 11) is 0. The first-order chi connectivity index (χ1) is 16.0. The number of hydrogen-bond acceptors (Lipinski definition) is 6. The van der Waals surface area contributed by atoms with Crippen molar-refractivity contribution in [1.82, 2.24) is 25.2 Å². The third-order valence-corrected chi connectivity index (χ3v) is 5.18. The summed E-state index contributed by atoms with van der Waals surface area (Å²) < 4.78 is 5.85. The summed E-state index contributed by atoms with van der Waals surface area (Å²) >= 11 is 0. The van der Waals surface area contributed by atoms with E-state index in [4.69, 9.17) is 4.74 Å². The fraction of sp³-hybridized carbons (Fsp3) is 0.333. The number of nitrogens with one attached hydrogen (secondary N) is 3. The Kier molecular flexibility index (Phi) is 6.99. The lowest BCUT2D eigenvalue weighted by Gasteiger charge is -2.10. The molecule has 172 valence electrons. The molecule has 2 amide bonds. The minimum Gasteiger partial charge on any atom is -0.437 e. The maximum Gasteiger partial charge on any atom is 0.255 e. The van der Waals surface area contributed by atoms with Gasteiger partial charge in [0.15, 0.2) is 5.65 Å². The molecule has 1 aromatic carbocycles. The zero-order valence-corrected chi connectivity index (χ0v) is 18.8. The Morgan fingerprint density at radius 2 is 2.09 bits per heavy atom. The van der Waals surface area contributed by atoms with E-state index in [9.17, 15) is 9.59 Å². The van der Waals surface area contributed by atoms with Gasteiger partial charge in [0.2, 0.25) is 11.8 Å². The average molecular weight is 449 g/mol. The van der Waals surface area contributed by atoms with Gasteiger partial charge in [0.25, 0.3) is 5.91 Å². The Labute approximate surface area is 192 Å². The summed E-state index contributed by atoms with van der Waals surface area (Å²) in [6, 6.07) is 7.04. The standard InChI is InChI=1S/C24H28N6O3/c1-16(2)27-24(32)19-14-25-23-22(19)29-21(15-26-23)33-18-8-5-7-17(13-18)28-20(31)9-6-12-30-10-3-4-11-30/h5-9,13-16H,3-4,10-12H2,1-2H3,(H,25,26)(H,27,32)(H,28,31)/b9-6+. The van der Waals surface area contributed by atoms with Gasteiger partial charge in [0.05, 0.1) is 11.8 Å². The van der Waals surface area contributed by atoms with E-state index in [-0.39, 0.29) is 23.7 Å². The van der Waals surface area contributed by atoms with Gasteiger partial charge in [-0.1, -0.05) is 12.1 Å². The highest BCUT2D eigenvalue weighted by molar-refractivity contribution is 6.04. The van der Waals surface area contributed by atoms with Crippen LogP contribution in [-0.2, 0) is 4.79 Å². The van der Waals surface area contributed by atoms with Gasteiger partial charge in [0.1, 0.15) is 11.3 Å². The molecule has 0 bridgehead atoms. The van der Waals surface area contributed by atoms with Crippen LogP contribution in [0.3, 0.4) is 0 Å². The van der Waals surface area contributed by atoms with Crippen molar-refractivity contribution in [2.75, 3.05) is 25.0 Å². The molecule has 0 saturated carbocycles. The third-order valence-electron chi connectivity index (χ3n) is 5.18. The van der Waals surface area contributed by atoms with Gasteiger partial charge in [0, 0.05) is 36.6 Å². The van der Waals surface area contributed by atoms with E-state index in [0.717, 1.165) is 19.6 Å². The van der Waals surface area contributed by atoms with E-state index in [1.165, 1.54) is 19.0 Å². The van der Waals surface area contributed by atoms with Crippen LogP contribution in [0, 0.1) is 0 Å². The van der Waals surface area contributed by atoms with Crippen LogP contribution in [-0.4, -0.2) is 57.3 Å². The van der Waals surface area contributed by atoms with Gasteiger partial charge in [-0.05, 0) is 51.9 Å². The van der Waals surface area contributed by atoms with Crippen LogP contribution in [0.5, 0.6) is 11.6 Å². The predicted molar refractivity (Wildman–Crippen MR) is 126 cm³/mol. The first-order valence-corrected chi connectivity index (χ1v) is 11.1. The number of hydrogen-bond donors (Lipinski definition) is 3. The molecule has 33 heavy (non-hydrogen) atoms. The predicted octanol–water partition coefficient (Wildman–Crippen LogP) is 3.48. The highest BCUT2D eigenvalue weighted by Gasteiger charge is 2.16. The second-order valence-electron chi connectivity index (χ2n) is 8.27. The van der Waals surface area contributed by atoms with Gasteiger partial charge in [-0.15, -0.1) is 0 Å². The van der Waals surface area contributed by atoms with Crippen LogP contribution in [0.1, 0.15) is 37.0 Å². The summed E-state index contributed by atoms with van der Waals surface area (Å²) in [6.07, 6.45) is 8.95. The topological polar surface area (TPSA) is 112 Å². The molecule has 4 rings (SSSR count). The maximum absolute atomic E-state index is 12.4. The van der Waals surface area contributed by atoms with E-state index < -0.39 is 0 Å². The summed E-state index contributed by atoms with van der Waals surface area (Å²) in [6.45, 7) is 6.75. The summed E-state index contributed by atoms with van der Waals surface area (Å²) in [5, 5.41) is 5.69. The van der Waals surface area contributed by atoms with E-state index in [2.05, 4.69) is 30.5 Å². The molecule has 1 saturated heterocycles. The number of aromatic amines is 1. The molecule has 0 unspecified atom stereocenters. The fourth-order valence-corrected chi connectivity index (χ4v) is 3.65. The molecule has 0 aliphatic carbocycles. The van der Waals surface area contributed by atoms with E-state index >= 15 is 0 Å². The van der Waals surface area contributed by atoms with Crippen molar-refractivity contribution in [1.29, 1.82) is 0 Å². The Bertz CT molecular complexity index is 1160. The van der Waals surface area contributed by atoms with Crippen molar-refractivity contribution in [3.8, 4) is 11.6 Å². The molecule has 3 N–H and O–H groups in total. The highest BCUT2D eigenvalue weighted by Crippen LogP contribution is 2.25. The monoisotopic (exact) mass is 448 g/mol. The van der Waals surface area contributed by atoms with Crippen LogP contribution in [0.4, 0.5) is 5.69 Å². The van der Waals surface area contributed by atoms with Crippen molar-refractivity contribution >= 4 is 28.7 Å². The zero-order valence-electron chi connectivity index (χ0n) is 18.8. The molecular formula is C24H28N6O3. The quantitative estimate of drug-likeness (QED) is 0.455. The molecule has 1 fully saturated rings. The van der Waals surface area contributed by atoms with E-state index in [1.807, 2.05) is 19.9 Å². The average Bonchev–Trinajstić information content (AvgIpc) is 3.43. The molecule has 0 radical (unpaired) electrons.